The Morgan fingerprint density at radius 1 is 1.32 bits per heavy atom. The van der Waals surface area contributed by atoms with E-state index in [1.165, 1.54) is 12.3 Å². The third-order valence-corrected chi connectivity index (χ3v) is 2.26. The molecule has 5 nitrogen and oxygen atoms in total. The van der Waals surface area contributed by atoms with Crippen LogP contribution in [0.5, 0.6) is 0 Å². The molecule has 0 bridgehead atoms. The first-order valence-electron chi connectivity index (χ1n) is 5.43. The van der Waals surface area contributed by atoms with Crippen molar-refractivity contribution in [3.05, 3.63) is 36.0 Å². The number of furan rings is 1. The van der Waals surface area contributed by atoms with E-state index < -0.39 is 12.0 Å². The Bertz CT molecular complexity index is 539. The highest BCUT2D eigenvalue weighted by Gasteiger charge is 2.35. The molecule has 0 spiro atoms. The van der Waals surface area contributed by atoms with Gasteiger partial charge in [-0.25, -0.2) is 9.97 Å². The topological polar surface area (TPSA) is 77.0 Å². The van der Waals surface area contributed by atoms with Crippen molar-refractivity contribution in [2.75, 3.05) is 17.6 Å². The van der Waals surface area contributed by atoms with E-state index in [2.05, 4.69) is 15.3 Å². The van der Waals surface area contributed by atoms with Gasteiger partial charge in [-0.2, -0.15) is 13.2 Å². The Balaban J connectivity index is 2.02. The molecular formula is C11H11F3N4O. The predicted octanol–water partition coefficient (Wildman–Crippen LogP) is 2.33. The summed E-state index contributed by atoms with van der Waals surface area (Å²) in [6.07, 6.45) is -2.56. The predicted molar refractivity (Wildman–Crippen MR) is 62.3 cm³/mol. The fourth-order valence-corrected chi connectivity index (χ4v) is 1.45. The Morgan fingerprint density at radius 3 is 2.74 bits per heavy atom. The molecule has 0 amide bonds. The zero-order chi connectivity index (χ0) is 13.9. The fourth-order valence-electron chi connectivity index (χ4n) is 1.45. The summed E-state index contributed by atoms with van der Waals surface area (Å²) in [5.74, 6) is -0.729. The highest BCUT2D eigenvalue weighted by atomic mass is 19.4. The lowest BCUT2D eigenvalue weighted by Gasteiger charge is -2.09. The molecule has 0 fully saturated rings. The lowest BCUT2D eigenvalue weighted by molar-refractivity contribution is -0.144. The molecule has 2 rings (SSSR count). The number of anilines is 2. The van der Waals surface area contributed by atoms with Gasteiger partial charge >= 0.3 is 6.18 Å². The number of nitrogen functional groups attached to an aromatic ring is 1. The van der Waals surface area contributed by atoms with Crippen LogP contribution in [0.15, 0.2) is 28.9 Å². The minimum atomic E-state index is -4.62. The van der Waals surface area contributed by atoms with Gasteiger partial charge in [0.15, 0.2) is 0 Å². The van der Waals surface area contributed by atoms with E-state index in [0.29, 0.717) is 13.0 Å². The summed E-state index contributed by atoms with van der Waals surface area (Å²) in [7, 11) is 0. The standard InChI is InChI=1S/C11H11F3N4O/c12-11(13,14)10-17-8(15)6-9(18-10)16-4-3-7-2-1-5-19-7/h1-2,5-6H,3-4H2,(H3,15,16,17,18). The van der Waals surface area contributed by atoms with E-state index >= 15 is 0 Å². The van der Waals surface area contributed by atoms with E-state index in [1.54, 1.807) is 12.1 Å². The number of hydrogen-bond acceptors (Lipinski definition) is 5. The molecule has 102 valence electrons. The van der Waals surface area contributed by atoms with E-state index in [9.17, 15) is 13.2 Å². The SMILES string of the molecule is Nc1cc(NCCc2ccco2)nc(C(F)(F)F)n1. The van der Waals surface area contributed by atoms with Gasteiger partial charge in [-0.3, -0.25) is 0 Å². The van der Waals surface area contributed by atoms with Gasteiger partial charge in [0.1, 0.15) is 17.4 Å². The van der Waals surface area contributed by atoms with Crippen LogP contribution >= 0.6 is 0 Å². The summed E-state index contributed by atoms with van der Waals surface area (Å²) in [6, 6.07) is 4.76. The van der Waals surface area contributed by atoms with Gasteiger partial charge in [0.25, 0.3) is 0 Å². The summed E-state index contributed by atoms with van der Waals surface area (Å²) in [5.41, 5.74) is 5.31. The van der Waals surface area contributed by atoms with Gasteiger partial charge in [0, 0.05) is 19.0 Å². The number of hydrogen-bond donors (Lipinski definition) is 2. The van der Waals surface area contributed by atoms with E-state index in [0.717, 1.165) is 5.76 Å². The molecule has 0 aliphatic heterocycles. The Morgan fingerprint density at radius 2 is 2.11 bits per heavy atom. The quantitative estimate of drug-likeness (QED) is 0.893. The molecule has 3 N–H and O–H groups in total. The number of alkyl halides is 3. The second-order valence-corrected chi connectivity index (χ2v) is 3.76. The first kappa shape index (κ1) is 13.2. The van der Waals surface area contributed by atoms with Gasteiger partial charge in [0.05, 0.1) is 6.26 Å². The van der Waals surface area contributed by atoms with Crippen molar-refractivity contribution in [3.63, 3.8) is 0 Å². The van der Waals surface area contributed by atoms with Crippen molar-refractivity contribution in [3.8, 4) is 0 Å². The largest absolute Gasteiger partial charge is 0.469 e. The minimum absolute atomic E-state index is 0.0337. The Kier molecular flexibility index (Phi) is 3.59. The molecule has 2 aromatic rings. The molecule has 2 heterocycles. The summed E-state index contributed by atoms with van der Waals surface area (Å²) < 4.78 is 42.5. The van der Waals surface area contributed by atoms with E-state index in [-0.39, 0.29) is 11.6 Å². The molecular weight excluding hydrogens is 261 g/mol. The fraction of sp³-hybridized carbons (Fsp3) is 0.273. The maximum absolute atomic E-state index is 12.5. The van der Waals surface area contributed by atoms with Crippen molar-refractivity contribution < 1.29 is 17.6 Å². The summed E-state index contributed by atoms with van der Waals surface area (Å²) in [5, 5.41) is 2.75. The zero-order valence-electron chi connectivity index (χ0n) is 9.74. The maximum atomic E-state index is 12.5. The molecule has 2 aromatic heterocycles. The van der Waals surface area contributed by atoms with Crippen LogP contribution in [-0.4, -0.2) is 16.5 Å². The van der Waals surface area contributed by atoms with Crippen molar-refractivity contribution >= 4 is 11.6 Å². The third-order valence-electron chi connectivity index (χ3n) is 2.26. The van der Waals surface area contributed by atoms with Crippen LogP contribution in [-0.2, 0) is 12.6 Å². The average molecular weight is 272 g/mol. The van der Waals surface area contributed by atoms with Crippen molar-refractivity contribution in [2.45, 2.75) is 12.6 Å². The van der Waals surface area contributed by atoms with Crippen LogP contribution in [0, 0.1) is 0 Å². The van der Waals surface area contributed by atoms with Crippen LogP contribution in [0.4, 0.5) is 24.8 Å². The zero-order valence-corrected chi connectivity index (χ0v) is 9.74. The average Bonchev–Trinajstić information content (AvgIpc) is 2.80. The Labute approximate surface area is 106 Å². The number of rotatable bonds is 4. The van der Waals surface area contributed by atoms with Gasteiger partial charge in [-0.1, -0.05) is 0 Å². The monoisotopic (exact) mass is 272 g/mol. The van der Waals surface area contributed by atoms with E-state index in [4.69, 9.17) is 10.2 Å². The molecule has 0 radical (unpaired) electrons. The molecule has 19 heavy (non-hydrogen) atoms. The molecule has 0 aromatic carbocycles. The van der Waals surface area contributed by atoms with Gasteiger partial charge in [-0.05, 0) is 12.1 Å². The number of nitrogens with one attached hydrogen (secondary N) is 1. The first-order valence-corrected chi connectivity index (χ1v) is 5.43. The first-order chi connectivity index (χ1) is 8.95. The van der Waals surface area contributed by atoms with Crippen LogP contribution in [0.25, 0.3) is 0 Å². The Hall–Kier alpha value is -2.25. The van der Waals surface area contributed by atoms with E-state index in [1.807, 2.05) is 0 Å². The number of nitrogens with two attached hydrogens (primary N) is 1. The smallest absolute Gasteiger partial charge is 0.451 e. The van der Waals surface area contributed by atoms with Crippen molar-refractivity contribution in [1.82, 2.24) is 9.97 Å². The van der Waals surface area contributed by atoms with Crippen molar-refractivity contribution in [1.29, 1.82) is 0 Å². The number of halogens is 3. The lowest BCUT2D eigenvalue weighted by Crippen LogP contribution is -2.15. The lowest BCUT2D eigenvalue weighted by atomic mass is 10.3. The molecule has 0 aliphatic rings. The van der Waals surface area contributed by atoms with Crippen LogP contribution in [0.3, 0.4) is 0 Å². The van der Waals surface area contributed by atoms with Crippen molar-refractivity contribution in [2.24, 2.45) is 0 Å². The maximum Gasteiger partial charge on any atom is 0.451 e. The molecule has 8 heteroatoms. The highest BCUT2D eigenvalue weighted by molar-refractivity contribution is 5.44. The van der Waals surface area contributed by atoms with Crippen LogP contribution < -0.4 is 11.1 Å². The highest BCUT2D eigenvalue weighted by Crippen LogP contribution is 2.27. The number of aromatic nitrogens is 2. The summed E-state index contributed by atoms with van der Waals surface area (Å²) in [6.45, 7) is 0.376. The summed E-state index contributed by atoms with van der Waals surface area (Å²) >= 11 is 0. The normalized spacial score (nSPS) is 11.5. The molecule has 0 aliphatic carbocycles. The van der Waals surface area contributed by atoms with Gasteiger partial charge < -0.3 is 15.5 Å². The third kappa shape index (κ3) is 3.60. The minimum Gasteiger partial charge on any atom is -0.469 e. The molecule has 0 saturated heterocycles. The molecule has 0 saturated carbocycles. The number of nitrogens with zero attached hydrogens (tertiary/aromatic N) is 2. The second-order valence-electron chi connectivity index (χ2n) is 3.76. The van der Waals surface area contributed by atoms with Gasteiger partial charge in [0.2, 0.25) is 5.82 Å². The van der Waals surface area contributed by atoms with Crippen LogP contribution in [0.2, 0.25) is 0 Å². The molecule has 0 unspecified atom stereocenters. The van der Waals surface area contributed by atoms with Crippen LogP contribution in [0.1, 0.15) is 11.6 Å². The second kappa shape index (κ2) is 5.17. The van der Waals surface area contributed by atoms with Gasteiger partial charge in [-0.15, -0.1) is 0 Å². The summed E-state index contributed by atoms with van der Waals surface area (Å²) in [4.78, 5) is 6.51. The molecule has 0 atom stereocenters.